The molecule has 0 radical (unpaired) electrons. The van der Waals surface area contributed by atoms with Crippen LogP contribution in [-0.4, -0.2) is 42.8 Å². The summed E-state index contributed by atoms with van der Waals surface area (Å²) in [5, 5.41) is 14.4. The monoisotopic (exact) mass is 276 g/mol. The van der Waals surface area contributed by atoms with Gasteiger partial charge in [-0.3, -0.25) is 4.79 Å². The second-order valence-corrected chi connectivity index (χ2v) is 4.36. The summed E-state index contributed by atoms with van der Waals surface area (Å²) < 4.78 is 5.23. The van der Waals surface area contributed by atoms with E-state index in [4.69, 9.17) is 9.84 Å². The molecule has 1 saturated heterocycles. The SMILES string of the molecule is O=C(O)/C=C/c1ccc(NC(=O)C2COCCN2)cc1. The lowest BCUT2D eigenvalue weighted by atomic mass is 10.2. The number of amides is 1. The third-order valence-electron chi connectivity index (χ3n) is 2.83. The van der Waals surface area contributed by atoms with Crippen LogP contribution in [0.5, 0.6) is 0 Å². The molecule has 0 spiro atoms. The molecule has 2 rings (SSSR count). The first kappa shape index (κ1) is 14.2. The predicted octanol–water partition coefficient (Wildman–Crippen LogP) is 0.711. The van der Waals surface area contributed by atoms with Crippen molar-refractivity contribution in [2.75, 3.05) is 25.1 Å². The Morgan fingerprint density at radius 3 is 2.70 bits per heavy atom. The van der Waals surface area contributed by atoms with Crippen LogP contribution in [0.25, 0.3) is 6.08 Å². The molecule has 1 heterocycles. The Balaban J connectivity index is 1.92. The molecule has 3 N–H and O–H groups in total. The Kier molecular flexibility index (Phi) is 4.86. The zero-order valence-electron chi connectivity index (χ0n) is 10.8. The summed E-state index contributed by atoms with van der Waals surface area (Å²) in [5.74, 6) is -1.13. The van der Waals surface area contributed by atoms with E-state index < -0.39 is 5.97 Å². The number of hydrogen-bond acceptors (Lipinski definition) is 4. The molecule has 1 aliphatic heterocycles. The third-order valence-corrected chi connectivity index (χ3v) is 2.83. The number of anilines is 1. The van der Waals surface area contributed by atoms with E-state index in [0.717, 1.165) is 11.6 Å². The lowest BCUT2D eigenvalue weighted by molar-refractivity contribution is -0.131. The molecule has 1 unspecified atom stereocenters. The first-order chi connectivity index (χ1) is 9.65. The molecule has 1 amide bonds. The molecule has 6 heteroatoms. The molecule has 0 bridgehead atoms. The molecular formula is C14H16N2O4. The van der Waals surface area contributed by atoms with Gasteiger partial charge in [0, 0.05) is 18.3 Å². The first-order valence-electron chi connectivity index (χ1n) is 6.28. The molecule has 1 aromatic rings. The number of carboxylic acids is 1. The van der Waals surface area contributed by atoms with Gasteiger partial charge in [-0.05, 0) is 23.8 Å². The number of aliphatic carboxylic acids is 1. The van der Waals surface area contributed by atoms with Gasteiger partial charge >= 0.3 is 5.97 Å². The molecule has 1 aromatic carbocycles. The summed E-state index contributed by atoms with van der Waals surface area (Å²) in [7, 11) is 0. The number of ether oxygens (including phenoxy) is 1. The van der Waals surface area contributed by atoms with Crippen molar-refractivity contribution < 1.29 is 19.4 Å². The summed E-state index contributed by atoms with van der Waals surface area (Å²) >= 11 is 0. The number of nitrogens with one attached hydrogen (secondary N) is 2. The number of carbonyl (C=O) groups excluding carboxylic acids is 1. The van der Waals surface area contributed by atoms with E-state index in [1.165, 1.54) is 6.08 Å². The zero-order chi connectivity index (χ0) is 14.4. The maximum Gasteiger partial charge on any atom is 0.328 e. The number of carboxylic acid groups (broad SMARTS) is 1. The van der Waals surface area contributed by atoms with Crippen molar-refractivity contribution in [2.45, 2.75) is 6.04 Å². The molecule has 6 nitrogen and oxygen atoms in total. The van der Waals surface area contributed by atoms with E-state index in [-0.39, 0.29) is 11.9 Å². The minimum Gasteiger partial charge on any atom is -0.478 e. The van der Waals surface area contributed by atoms with E-state index >= 15 is 0 Å². The van der Waals surface area contributed by atoms with Crippen LogP contribution in [0.2, 0.25) is 0 Å². The fourth-order valence-electron chi connectivity index (χ4n) is 1.81. The van der Waals surface area contributed by atoms with Gasteiger partial charge in [0.1, 0.15) is 6.04 Å². The highest BCUT2D eigenvalue weighted by Crippen LogP contribution is 2.11. The third kappa shape index (κ3) is 4.18. The zero-order valence-corrected chi connectivity index (χ0v) is 10.8. The van der Waals surface area contributed by atoms with Crippen molar-refractivity contribution in [3.05, 3.63) is 35.9 Å². The van der Waals surface area contributed by atoms with Crippen LogP contribution >= 0.6 is 0 Å². The van der Waals surface area contributed by atoms with Gasteiger partial charge in [0.15, 0.2) is 0 Å². The summed E-state index contributed by atoms with van der Waals surface area (Å²) in [6, 6.07) is 6.58. The maximum absolute atomic E-state index is 11.9. The number of morpholine rings is 1. The average Bonchev–Trinajstić information content (AvgIpc) is 2.47. The van der Waals surface area contributed by atoms with Crippen LogP contribution in [0.3, 0.4) is 0 Å². The topological polar surface area (TPSA) is 87.7 Å². The van der Waals surface area contributed by atoms with E-state index in [1.54, 1.807) is 24.3 Å². The molecule has 20 heavy (non-hydrogen) atoms. The highest BCUT2D eigenvalue weighted by atomic mass is 16.5. The molecular weight excluding hydrogens is 260 g/mol. The van der Waals surface area contributed by atoms with Gasteiger partial charge in [0.25, 0.3) is 0 Å². The summed E-state index contributed by atoms with van der Waals surface area (Å²) in [4.78, 5) is 22.3. The fraction of sp³-hybridized carbons (Fsp3) is 0.286. The van der Waals surface area contributed by atoms with Crippen molar-refractivity contribution in [2.24, 2.45) is 0 Å². The number of rotatable bonds is 4. The highest BCUT2D eigenvalue weighted by molar-refractivity contribution is 5.95. The Labute approximate surface area is 116 Å². The fourth-order valence-corrected chi connectivity index (χ4v) is 1.81. The van der Waals surface area contributed by atoms with Crippen LogP contribution < -0.4 is 10.6 Å². The van der Waals surface area contributed by atoms with Crippen LogP contribution in [-0.2, 0) is 14.3 Å². The number of benzene rings is 1. The van der Waals surface area contributed by atoms with E-state index in [2.05, 4.69) is 10.6 Å². The number of hydrogen-bond donors (Lipinski definition) is 3. The lowest BCUT2D eigenvalue weighted by Crippen LogP contribution is -2.48. The Hall–Kier alpha value is -2.18. The predicted molar refractivity (Wildman–Crippen MR) is 74.4 cm³/mol. The van der Waals surface area contributed by atoms with Crippen molar-refractivity contribution in [3.8, 4) is 0 Å². The van der Waals surface area contributed by atoms with Gasteiger partial charge in [0.05, 0.1) is 13.2 Å². The van der Waals surface area contributed by atoms with Gasteiger partial charge < -0.3 is 20.5 Å². The molecule has 106 valence electrons. The summed E-state index contributed by atoms with van der Waals surface area (Å²) in [6.07, 6.45) is 2.56. The molecule has 1 atom stereocenters. The molecule has 0 saturated carbocycles. The van der Waals surface area contributed by atoms with Crippen LogP contribution in [0.4, 0.5) is 5.69 Å². The van der Waals surface area contributed by atoms with Crippen molar-refractivity contribution in [1.29, 1.82) is 0 Å². The maximum atomic E-state index is 11.9. The van der Waals surface area contributed by atoms with Gasteiger partial charge in [-0.2, -0.15) is 0 Å². The van der Waals surface area contributed by atoms with E-state index in [0.29, 0.717) is 25.4 Å². The average molecular weight is 276 g/mol. The Morgan fingerprint density at radius 2 is 2.10 bits per heavy atom. The quantitative estimate of drug-likeness (QED) is 0.705. The second-order valence-electron chi connectivity index (χ2n) is 4.36. The van der Waals surface area contributed by atoms with Gasteiger partial charge in [0.2, 0.25) is 5.91 Å². The second kappa shape index (κ2) is 6.83. The normalized spacial score (nSPS) is 18.9. The lowest BCUT2D eigenvalue weighted by Gasteiger charge is -2.22. The minimum absolute atomic E-state index is 0.140. The highest BCUT2D eigenvalue weighted by Gasteiger charge is 2.20. The summed E-state index contributed by atoms with van der Waals surface area (Å²) in [6.45, 7) is 1.65. The van der Waals surface area contributed by atoms with Crippen LogP contribution in [0, 0.1) is 0 Å². The number of carbonyl (C=O) groups is 2. The van der Waals surface area contributed by atoms with Crippen molar-refractivity contribution in [1.82, 2.24) is 5.32 Å². The standard InChI is InChI=1S/C14H16N2O4/c17-13(18)6-3-10-1-4-11(5-2-10)16-14(19)12-9-20-8-7-15-12/h1-6,12,15H,7-9H2,(H,16,19)(H,17,18)/b6-3+. The van der Waals surface area contributed by atoms with Crippen molar-refractivity contribution >= 4 is 23.6 Å². The van der Waals surface area contributed by atoms with E-state index in [9.17, 15) is 9.59 Å². The van der Waals surface area contributed by atoms with E-state index in [1.807, 2.05) is 0 Å². The van der Waals surface area contributed by atoms with Gasteiger partial charge in [-0.15, -0.1) is 0 Å². The van der Waals surface area contributed by atoms with Crippen LogP contribution in [0.15, 0.2) is 30.3 Å². The molecule has 1 fully saturated rings. The van der Waals surface area contributed by atoms with Gasteiger partial charge in [-0.25, -0.2) is 4.79 Å². The molecule has 0 aromatic heterocycles. The summed E-state index contributed by atoms with van der Waals surface area (Å²) in [5.41, 5.74) is 1.42. The minimum atomic E-state index is -0.995. The first-order valence-corrected chi connectivity index (χ1v) is 6.28. The Bertz CT molecular complexity index is 504. The molecule has 0 aliphatic carbocycles. The Morgan fingerprint density at radius 1 is 1.35 bits per heavy atom. The largest absolute Gasteiger partial charge is 0.478 e. The molecule has 1 aliphatic rings. The van der Waals surface area contributed by atoms with Gasteiger partial charge in [-0.1, -0.05) is 12.1 Å². The smallest absolute Gasteiger partial charge is 0.328 e. The van der Waals surface area contributed by atoms with Crippen molar-refractivity contribution in [3.63, 3.8) is 0 Å². The van der Waals surface area contributed by atoms with Crippen LogP contribution in [0.1, 0.15) is 5.56 Å².